The van der Waals surface area contributed by atoms with Gasteiger partial charge in [0.2, 0.25) is 0 Å². The number of nitrogens with one attached hydrogen (secondary N) is 1. The van der Waals surface area contributed by atoms with Gasteiger partial charge in [-0.15, -0.1) is 11.3 Å². The molecule has 0 amide bonds. The second kappa shape index (κ2) is 7.55. The number of H-pyrrole nitrogens is 1. The highest BCUT2D eigenvalue weighted by Gasteiger charge is 2.18. The molecule has 2 heterocycles. The van der Waals surface area contributed by atoms with E-state index in [2.05, 4.69) is 126 Å². The number of fused-ring (bicyclic) bond motifs is 10. The standard InChI is InChI=1S/C34H21NS.H2/c1-3-9-21(10-4-1)23-15-17-29-27(19-23)31-25-13-7-8-14-26(25)32-28-20-24(22-11-5-2-6-12-22)16-18-30(28)36-34(32)33(31)35-29;/h1-20,35H;1H. The summed E-state index contributed by atoms with van der Waals surface area (Å²) < 4.78 is 2.66. The molecule has 0 aliphatic carbocycles. The molecule has 1 N–H and O–H groups in total. The first-order chi connectivity index (χ1) is 17.8. The molecule has 0 aliphatic rings. The van der Waals surface area contributed by atoms with Gasteiger partial charge in [-0.05, 0) is 57.3 Å². The highest BCUT2D eigenvalue weighted by atomic mass is 32.1. The molecule has 0 spiro atoms. The maximum atomic E-state index is 3.81. The Balaban J connectivity index is 0.00000231. The van der Waals surface area contributed by atoms with Crippen LogP contribution in [0.1, 0.15) is 1.43 Å². The molecule has 0 unspecified atom stereocenters. The van der Waals surface area contributed by atoms with Gasteiger partial charge >= 0.3 is 0 Å². The number of hydrogen-bond donors (Lipinski definition) is 1. The Morgan fingerprint density at radius 2 is 1.06 bits per heavy atom. The van der Waals surface area contributed by atoms with Crippen LogP contribution in [0.4, 0.5) is 0 Å². The average molecular weight is 478 g/mol. The molecule has 6 aromatic carbocycles. The second-order valence-electron chi connectivity index (χ2n) is 9.43. The van der Waals surface area contributed by atoms with Crippen molar-refractivity contribution in [1.29, 1.82) is 0 Å². The van der Waals surface area contributed by atoms with E-state index in [1.165, 1.54) is 75.0 Å². The van der Waals surface area contributed by atoms with Gasteiger partial charge in [0, 0.05) is 33.2 Å². The van der Waals surface area contributed by atoms with E-state index in [-0.39, 0.29) is 1.43 Å². The zero-order valence-electron chi connectivity index (χ0n) is 19.5. The second-order valence-corrected chi connectivity index (χ2v) is 10.5. The Morgan fingerprint density at radius 3 is 1.75 bits per heavy atom. The quantitative estimate of drug-likeness (QED) is 0.255. The van der Waals surface area contributed by atoms with E-state index in [1.807, 2.05) is 11.3 Å². The molecule has 0 fully saturated rings. The number of hydrogen-bond acceptors (Lipinski definition) is 1. The number of aromatic amines is 1. The lowest BCUT2D eigenvalue weighted by molar-refractivity contribution is 1.56. The summed E-state index contributed by atoms with van der Waals surface area (Å²) in [5.41, 5.74) is 7.43. The van der Waals surface area contributed by atoms with Gasteiger partial charge in [-0.3, -0.25) is 0 Å². The summed E-state index contributed by atoms with van der Waals surface area (Å²) in [6.07, 6.45) is 0. The molecule has 1 nitrogen and oxygen atoms in total. The SMILES string of the molecule is [HH].c1ccc(-c2ccc3[nH]c4c5sc6ccc(-c7ccccc7)cc6c5c5ccccc5c4c3c2)cc1. The van der Waals surface area contributed by atoms with Crippen molar-refractivity contribution in [2.45, 2.75) is 0 Å². The monoisotopic (exact) mass is 477 g/mol. The normalized spacial score (nSPS) is 11.9. The van der Waals surface area contributed by atoms with Crippen LogP contribution in [0.2, 0.25) is 0 Å². The molecule has 0 saturated heterocycles. The lowest BCUT2D eigenvalue weighted by atomic mass is 9.96. The molecular formula is C34H23NS. The molecule has 170 valence electrons. The molecule has 36 heavy (non-hydrogen) atoms. The maximum Gasteiger partial charge on any atom is 0.0653 e. The van der Waals surface area contributed by atoms with Gasteiger partial charge in [0.25, 0.3) is 0 Å². The van der Waals surface area contributed by atoms with Crippen LogP contribution in [0, 0.1) is 0 Å². The summed E-state index contributed by atoms with van der Waals surface area (Å²) in [5.74, 6) is 0. The van der Waals surface area contributed by atoms with E-state index >= 15 is 0 Å². The first-order valence-corrected chi connectivity index (χ1v) is 13.1. The van der Waals surface area contributed by atoms with E-state index in [0.717, 1.165) is 0 Å². The summed E-state index contributed by atoms with van der Waals surface area (Å²) in [7, 11) is 0. The third-order valence-corrected chi connectivity index (χ3v) is 8.58. The predicted octanol–water partition coefficient (Wildman–Crippen LogP) is 10.4. The minimum Gasteiger partial charge on any atom is -0.353 e. The third kappa shape index (κ3) is 2.82. The van der Waals surface area contributed by atoms with E-state index in [4.69, 9.17) is 0 Å². The van der Waals surface area contributed by atoms with Crippen LogP contribution in [0.3, 0.4) is 0 Å². The van der Waals surface area contributed by atoms with Crippen LogP contribution in [-0.2, 0) is 0 Å². The fraction of sp³-hybridized carbons (Fsp3) is 0. The van der Waals surface area contributed by atoms with E-state index < -0.39 is 0 Å². The number of thiophene rings is 1. The largest absolute Gasteiger partial charge is 0.353 e. The molecule has 8 aromatic rings. The Labute approximate surface area is 213 Å². The molecule has 8 rings (SSSR count). The molecule has 2 aromatic heterocycles. The lowest BCUT2D eigenvalue weighted by Gasteiger charge is -2.06. The fourth-order valence-corrected chi connectivity index (χ4v) is 6.93. The van der Waals surface area contributed by atoms with Crippen molar-refractivity contribution in [3.8, 4) is 22.3 Å². The number of rotatable bonds is 2. The molecule has 0 saturated carbocycles. The van der Waals surface area contributed by atoms with E-state index in [0.29, 0.717) is 0 Å². The molecule has 0 bridgehead atoms. The van der Waals surface area contributed by atoms with Crippen molar-refractivity contribution >= 4 is 64.1 Å². The first kappa shape index (κ1) is 19.9. The Hall–Kier alpha value is -4.40. The van der Waals surface area contributed by atoms with Gasteiger partial charge < -0.3 is 4.98 Å². The van der Waals surface area contributed by atoms with Crippen molar-refractivity contribution in [2.24, 2.45) is 0 Å². The van der Waals surface area contributed by atoms with Crippen LogP contribution in [0.5, 0.6) is 0 Å². The predicted molar refractivity (Wildman–Crippen MR) is 159 cm³/mol. The van der Waals surface area contributed by atoms with Gasteiger partial charge in [-0.2, -0.15) is 0 Å². The number of aromatic nitrogens is 1. The van der Waals surface area contributed by atoms with E-state index in [1.54, 1.807) is 0 Å². The van der Waals surface area contributed by atoms with Crippen LogP contribution in [0.15, 0.2) is 121 Å². The molecule has 2 heteroatoms. The maximum absolute atomic E-state index is 3.81. The summed E-state index contributed by atoms with van der Waals surface area (Å²) in [4.78, 5) is 3.81. The van der Waals surface area contributed by atoms with Crippen LogP contribution >= 0.6 is 11.3 Å². The minimum atomic E-state index is 0. The van der Waals surface area contributed by atoms with Crippen molar-refractivity contribution in [3.05, 3.63) is 121 Å². The van der Waals surface area contributed by atoms with Crippen LogP contribution in [-0.4, -0.2) is 4.98 Å². The zero-order chi connectivity index (χ0) is 23.6. The number of benzene rings is 6. The van der Waals surface area contributed by atoms with Gasteiger partial charge in [-0.25, -0.2) is 0 Å². The zero-order valence-corrected chi connectivity index (χ0v) is 20.3. The van der Waals surface area contributed by atoms with Crippen LogP contribution < -0.4 is 0 Å². The molecule has 0 aliphatic heterocycles. The van der Waals surface area contributed by atoms with E-state index in [9.17, 15) is 0 Å². The molecule has 0 atom stereocenters. The van der Waals surface area contributed by atoms with Gasteiger partial charge in [0.15, 0.2) is 0 Å². The third-order valence-electron chi connectivity index (χ3n) is 7.39. The Kier molecular flexibility index (Phi) is 4.16. The summed E-state index contributed by atoms with van der Waals surface area (Å²) in [5, 5.41) is 7.92. The van der Waals surface area contributed by atoms with Crippen molar-refractivity contribution < 1.29 is 1.43 Å². The highest BCUT2D eigenvalue weighted by molar-refractivity contribution is 7.27. The Morgan fingerprint density at radius 1 is 0.472 bits per heavy atom. The summed E-state index contributed by atoms with van der Waals surface area (Å²) in [6.45, 7) is 0. The summed E-state index contributed by atoms with van der Waals surface area (Å²) >= 11 is 1.89. The first-order valence-electron chi connectivity index (χ1n) is 12.3. The van der Waals surface area contributed by atoms with Crippen molar-refractivity contribution in [1.82, 2.24) is 4.98 Å². The van der Waals surface area contributed by atoms with Crippen molar-refractivity contribution in [2.75, 3.05) is 0 Å². The van der Waals surface area contributed by atoms with Crippen molar-refractivity contribution in [3.63, 3.8) is 0 Å². The smallest absolute Gasteiger partial charge is 0.0653 e. The fourth-order valence-electron chi connectivity index (χ4n) is 5.72. The van der Waals surface area contributed by atoms with Crippen LogP contribution in [0.25, 0.3) is 75.0 Å². The van der Waals surface area contributed by atoms with Gasteiger partial charge in [-0.1, -0.05) is 97.1 Å². The average Bonchev–Trinajstić information content (AvgIpc) is 3.52. The highest BCUT2D eigenvalue weighted by Crippen LogP contribution is 2.46. The molecule has 0 radical (unpaired) electrons. The lowest BCUT2D eigenvalue weighted by Crippen LogP contribution is -1.80. The Bertz CT molecular complexity index is 1930. The molecular weight excluding hydrogens is 454 g/mol. The van der Waals surface area contributed by atoms with Gasteiger partial charge in [0.05, 0.1) is 10.2 Å². The summed E-state index contributed by atoms with van der Waals surface area (Å²) in [6, 6.07) is 44.0. The minimum absolute atomic E-state index is 0. The topological polar surface area (TPSA) is 15.8 Å². The van der Waals surface area contributed by atoms with Gasteiger partial charge in [0.1, 0.15) is 0 Å².